The summed E-state index contributed by atoms with van der Waals surface area (Å²) < 4.78 is 28.6. The lowest BCUT2D eigenvalue weighted by atomic mass is 9.79. The molecule has 0 aliphatic heterocycles. The third-order valence-electron chi connectivity index (χ3n) is 13.5. The molecule has 8 rings (SSSR count). The minimum absolute atomic E-state index is 0.160. The van der Waals surface area contributed by atoms with E-state index in [0.717, 1.165) is 96.1 Å². The van der Waals surface area contributed by atoms with Gasteiger partial charge in [0.1, 0.15) is 28.4 Å². The Labute approximate surface area is 407 Å². The van der Waals surface area contributed by atoms with Gasteiger partial charge in [-0.2, -0.15) is 0 Å². The van der Waals surface area contributed by atoms with E-state index in [-0.39, 0.29) is 21.7 Å². The normalized spacial score (nSPS) is 13.5. The summed E-state index contributed by atoms with van der Waals surface area (Å²) in [7, 11) is -1.73. The largest absolute Gasteiger partial charge is 0.507 e. The smallest absolute Gasteiger partial charge is 0.253 e. The van der Waals surface area contributed by atoms with Crippen LogP contribution in [0.4, 0.5) is 0 Å². The quantitative estimate of drug-likeness (QED) is 0.172. The highest BCUT2D eigenvalue weighted by Gasteiger charge is 2.30. The maximum Gasteiger partial charge on any atom is 0.253 e. The Hall–Kier alpha value is -5.38. The van der Waals surface area contributed by atoms with Crippen LogP contribution in [0.5, 0.6) is 17.2 Å². The van der Waals surface area contributed by atoms with Crippen molar-refractivity contribution in [2.75, 3.05) is 13.2 Å². The summed E-state index contributed by atoms with van der Waals surface area (Å²) in [5.74, 6) is 2.13. The third kappa shape index (κ3) is 10.3. The molecule has 5 nitrogen and oxygen atoms in total. The van der Waals surface area contributed by atoms with Gasteiger partial charge in [0, 0.05) is 36.5 Å². The molecule has 8 bridgehead atoms. The summed E-state index contributed by atoms with van der Waals surface area (Å²) in [5, 5.41) is 15.8. The predicted octanol–water partition coefficient (Wildman–Crippen LogP) is 17.4. The predicted molar refractivity (Wildman–Crippen MR) is 286 cm³/mol. The third-order valence-corrected chi connectivity index (χ3v) is 15.2. The van der Waals surface area contributed by atoms with Crippen LogP contribution in [0, 0.1) is 0 Å². The molecule has 0 amide bonds. The van der Waals surface area contributed by atoms with Crippen LogP contribution in [-0.2, 0) is 47.3 Å². The Morgan fingerprint density at radius 3 is 1.06 bits per heavy atom. The van der Waals surface area contributed by atoms with Gasteiger partial charge in [-0.1, -0.05) is 182 Å². The summed E-state index contributed by atoms with van der Waals surface area (Å²) in [6, 6.07) is 35.4. The zero-order valence-corrected chi connectivity index (χ0v) is 44.3. The summed E-state index contributed by atoms with van der Waals surface area (Å²) in [5.41, 5.74) is 14.4. The molecule has 7 aromatic rings. The number of aromatic hydroxyl groups is 1. The van der Waals surface area contributed by atoms with Crippen molar-refractivity contribution in [2.45, 2.75) is 157 Å². The molecule has 0 atom stereocenters. The highest BCUT2D eigenvalue weighted by Crippen LogP contribution is 2.51. The van der Waals surface area contributed by atoms with Crippen molar-refractivity contribution >= 4 is 30.0 Å². The Balaban J connectivity index is 1.57. The minimum Gasteiger partial charge on any atom is -0.507 e. The number of para-hydroxylation sites is 2. The molecule has 0 unspecified atom stereocenters. The zero-order valence-electron chi connectivity index (χ0n) is 43.4. The minimum atomic E-state index is -1.73. The average molecular weight is 931 g/mol. The number of rotatable bonds is 7. The Morgan fingerprint density at radius 1 is 0.441 bits per heavy atom. The van der Waals surface area contributed by atoms with Gasteiger partial charge in [0.15, 0.2) is 0 Å². The van der Waals surface area contributed by atoms with E-state index in [4.69, 9.17) is 17.9 Å². The van der Waals surface area contributed by atoms with Crippen LogP contribution in [0.3, 0.4) is 0 Å². The summed E-state index contributed by atoms with van der Waals surface area (Å²) in [6.07, 6.45) is 3.93. The number of hydrogen-bond donors (Lipinski definition) is 1. The van der Waals surface area contributed by atoms with Crippen molar-refractivity contribution in [1.82, 2.24) is 0 Å². The number of benzene rings is 6. The molecule has 0 spiro atoms. The van der Waals surface area contributed by atoms with Gasteiger partial charge >= 0.3 is 0 Å². The number of phenolic OH excluding ortho intramolecular Hbond substituents is 1. The number of ether oxygens (including phenoxy) is 2. The SMILES string of the molecule is CCCOc1c2cc(C(C)(C)C)cc1Cc1cc(C(C)(C)C)cc(c1-p1oc3ccccc3c3ccccc3o1)Cc1cc(C(C)(C)C)cc(c1OCCC)Cc1cc(C(C)(C)C)cc(c1O)C2. The van der Waals surface area contributed by atoms with Crippen molar-refractivity contribution < 1.29 is 23.0 Å². The average Bonchev–Trinajstić information content (AvgIpc) is 3.42. The van der Waals surface area contributed by atoms with E-state index in [0.29, 0.717) is 44.6 Å². The van der Waals surface area contributed by atoms with Gasteiger partial charge in [-0.3, -0.25) is 0 Å². The summed E-state index contributed by atoms with van der Waals surface area (Å²) in [6.45, 7) is 32.9. The summed E-state index contributed by atoms with van der Waals surface area (Å²) in [4.78, 5) is 0. The molecule has 68 heavy (non-hydrogen) atoms. The lowest BCUT2D eigenvalue weighted by Crippen LogP contribution is -2.17. The van der Waals surface area contributed by atoms with E-state index >= 15 is 0 Å². The van der Waals surface area contributed by atoms with Crippen LogP contribution in [0.2, 0.25) is 0 Å². The van der Waals surface area contributed by atoms with Gasteiger partial charge < -0.3 is 23.0 Å². The van der Waals surface area contributed by atoms with Gasteiger partial charge in [-0.05, 0) is 113 Å². The van der Waals surface area contributed by atoms with Crippen molar-refractivity contribution in [2.24, 2.45) is 0 Å². The maximum absolute atomic E-state index is 12.7. The molecule has 1 aliphatic rings. The van der Waals surface area contributed by atoms with Gasteiger partial charge in [0.25, 0.3) is 8.01 Å². The molecule has 1 aliphatic carbocycles. The molecule has 6 aromatic carbocycles. The molecule has 1 aromatic heterocycles. The molecule has 0 radical (unpaired) electrons. The van der Waals surface area contributed by atoms with Gasteiger partial charge in [0.05, 0.1) is 18.5 Å². The van der Waals surface area contributed by atoms with Crippen LogP contribution in [0.15, 0.2) is 105 Å². The lowest BCUT2D eigenvalue weighted by molar-refractivity contribution is 0.311. The number of phenols is 1. The molecule has 0 saturated heterocycles. The van der Waals surface area contributed by atoms with Gasteiger partial charge in [0.2, 0.25) is 0 Å². The van der Waals surface area contributed by atoms with E-state index in [1.807, 2.05) is 0 Å². The second-order valence-corrected chi connectivity index (χ2v) is 24.7. The number of fused-ring (bicyclic) bond motifs is 11. The second-order valence-electron chi connectivity index (χ2n) is 23.4. The fourth-order valence-electron chi connectivity index (χ4n) is 9.49. The highest BCUT2D eigenvalue weighted by atomic mass is 31.1. The molecule has 0 saturated carbocycles. The van der Waals surface area contributed by atoms with Crippen molar-refractivity contribution in [3.63, 3.8) is 0 Å². The first-order valence-corrected chi connectivity index (χ1v) is 26.1. The topological polar surface area (TPSA) is 65.0 Å². The van der Waals surface area contributed by atoms with E-state index in [1.54, 1.807) is 0 Å². The van der Waals surface area contributed by atoms with Crippen molar-refractivity contribution in [1.29, 1.82) is 0 Å². The van der Waals surface area contributed by atoms with Crippen molar-refractivity contribution in [3.8, 4) is 22.6 Å². The van der Waals surface area contributed by atoms with Gasteiger partial charge in [-0.25, -0.2) is 0 Å². The van der Waals surface area contributed by atoms with Gasteiger partial charge in [-0.15, -0.1) is 0 Å². The van der Waals surface area contributed by atoms with E-state index < -0.39 is 8.01 Å². The lowest BCUT2D eigenvalue weighted by Gasteiger charge is -2.28. The fourth-order valence-corrected chi connectivity index (χ4v) is 11.1. The standard InChI is InChI=1S/C62H75O5P/c1-15-25-64-56-41-27-39-31-47(59(3,4)5)32-40(55(39)63)28-42-34-49(61(9,10)11)36-44(57(42)65-26-16-2)30-46-38-50(62(12,13)14)37-45(29-43(56)35-48(33-41)60(6,7)8)58(46)68-66-53-23-19-17-21-51(53)52-22-18-20-24-54(52)67-68/h17-24,31-38,63H,15-16,25-30H2,1-14H3. The molecular formula is C62H75O5P. The van der Waals surface area contributed by atoms with Crippen LogP contribution in [-0.4, -0.2) is 18.3 Å². The first-order valence-electron chi connectivity index (χ1n) is 25.0. The zero-order chi connectivity index (χ0) is 48.9. The molecule has 1 heterocycles. The molecule has 6 heteroatoms. The summed E-state index contributed by atoms with van der Waals surface area (Å²) >= 11 is 0. The molecule has 1 N–H and O–H groups in total. The maximum atomic E-state index is 12.7. The first-order chi connectivity index (χ1) is 32.0. The van der Waals surface area contributed by atoms with Crippen molar-refractivity contribution in [3.05, 3.63) is 164 Å². The molecule has 0 fully saturated rings. The number of hydrogen-bond acceptors (Lipinski definition) is 5. The fraction of sp³-hybridized carbons (Fsp3) is 0.419. The Bertz CT molecular complexity index is 2850. The van der Waals surface area contributed by atoms with E-state index in [2.05, 4.69) is 194 Å². The van der Waals surface area contributed by atoms with Crippen LogP contribution >= 0.6 is 8.01 Å². The Morgan fingerprint density at radius 2 is 0.735 bits per heavy atom. The highest BCUT2D eigenvalue weighted by molar-refractivity contribution is 7.45. The molecular weight excluding hydrogens is 856 g/mol. The first kappa shape index (κ1) is 49.1. The Kier molecular flexibility index (Phi) is 13.6. The van der Waals surface area contributed by atoms with Crippen LogP contribution in [0.25, 0.3) is 27.2 Å². The second kappa shape index (κ2) is 18.8. The molecule has 358 valence electrons. The van der Waals surface area contributed by atoms with E-state index in [1.165, 1.54) is 22.3 Å². The monoisotopic (exact) mass is 931 g/mol. The van der Waals surface area contributed by atoms with Crippen LogP contribution < -0.4 is 9.47 Å². The van der Waals surface area contributed by atoms with Crippen LogP contribution in [0.1, 0.15) is 177 Å². The van der Waals surface area contributed by atoms with E-state index in [9.17, 15) is 5.11 Å².